The molecule has 24 heavy (non-hydrogen) atoms. The number of hydrogen-bond acceptors (Lipinski definition) is 5. The van der Waals surface area contributed by atoms with Crippen LogP contribution in [0.3, 0.4) is 0 Å². The van der Waals surface area contributed by atoms with Crippen LogP contribution in [-0.2, 0) is 9.59 Å². The monoisotopic (exact) mass is 316 g/mol. The fourth-order valence-electron chi connectivity index (χ4n) is 2.97. The molecular formula is C14H11B3N4O3. The van der Waals surface area contributed by atoms with Crippen molar-refractivity contribution < 1.29 is 9.59 Å². The Bertz CT molecular complexity index is 954. The summed E-state index contributed by atoms with van der Waals surface area (Å²) < 4.78 is 1.06. The number of nitrogens with zero attached hydrogens (tertiary/aromatic N) is 2. The first-order valence-corrected chi connectivity index (χ1v) is 7.11. The maximum atomic E-state index is 12.9. The maximum absolute atomic E-state index is 12.9. The number of carbonyl (C=O) groups is 2. The van der Waals surface area contributed by atoms with E-state index >= 15 is 0 Å². The lowest BCUT2D eigenvalue weighted by Gasteiger charge is -2.39. The van der Waals surface area contributed by atoms with E-state index in [2.05, 4.69) is 10.3 Å². The molecule has 0 spiro atoms. The van der Waals surface area contributed by atoms with Crippen LogP contribution in [0.4, 0.5) is 5.69 Å². The molecular weight excluding hydrogens is 305 g/mol. The number of nitrogens with two attached hydrogens (primary N) is 1. The van der Waals surface area contributed by atoms with E-state index in [0.29, 0.717) is 5.52 Å². The van der Waals surface area contributed by atoms with Crippen LogP contribution in [0.25, 0.3) is 10.9 Å². The topological polar surface area (TPSA) is 107 Å². The first-order chi connectivity index (χ1) is 11.1. The third-order valence-corrected chi connectivity index (χ3v) is 4.07. The zero-order valence-corrected chi connectivity index (χ0v) is 12.9. The SMILES string of the molecule is [B]c1ccc2nc(C)n(C3C(=O)NC(=O)CC3([B])[B])c(=O)c2c1N. The minimum Gasteiger partial charge on any atom is -0.398 e. The summed E-state index contributed by atoms with van der Waals surface area (Å²) in [5.74, 6) is -1.17. The number of aromatic nitrogens is 2. The van der Waals surface area contributed by atoms with Crippen molar-refractivity contribution in [1.82, 2.24) is 14.9 Å². The number of anilines is 1. The molecule has 0 bridgehead atoms. The van der Waals surface area contributed by atoms with Gasteiger partial charge in [-0.25, -0.2) is 4.98 Å². The molecule has 0 aliphatic carbocycles. The highest BCUT2D eigenvalue weighted by atomic mass is 16.2. The van der Waals surface area contributed by atoms with E-state index in [1.54, 1.807) is 6.07 Å². The Kier molecular flexibility index (Phi) is 3.58. The molecule has 1 aliphatic rings. The molecule has 0 saturated carbocycles. The summed E-state index contributed by atoms with van der Waals surface area (Å²) in [5, 5.41) is 0.463. The molecule has 2 amide bonds. The summed E-state index contributed by atoms with van der Waals surface area (Å²) in [6.45, 7) is 1.53. The largest absolute Gasteiger partial charge is 0.398 e. The molecule has 3 N–H and O–H groups in total. The van der Waals surface area contributed by atoms with Crippen LogP contribution < -0.4 is 22.1 Å². The molecule has 1 fully saturated rings. The summed E-state index contributed by atoms with van der Waals surface area (Å²) in [6, 6.07) is 1.79. The summed E-state index contributed by atoms with van der Waals surface area (Å²) in [5.41, 5.74) is 5.91. The van der Waals surface area contributed by atoms with E-state index in [4.69, 9.17) is 29.3 Å². The van der Waals surface area contributed by atoms with Crippen LogP contribution in [0.1, 0.15) is 18.3 Å². The molecule has 1 aliphatic heterocycles. The number of aryl methyl sites for hydroxylation is 1. The quantitative estimate of drug-likeness (QED) is 0.364. The molecule has 2 aromatic rings. The van der Waals surface area contributed by atoms with Crippen LogP contribution in [0, 0.1) is 6.92 Å². The van der Waals surface area contributed by atoms with E-state index in [1.165, 1.54) is 13.0 Å². The van der Waals surface area contributed by atoms with Gasteiger partial charge in [0.1, 0.15) is 19.7 Å². The van der Waals surface area contributed by atoms with Gasteiger partial charge >= 0.3 is 0 Å². The summed E-state index contributed by atoms with van der Waals surface area (Å²) in [6.07, 6.45) is -0.320. The maximum Gasteiger partial charge on any atom is 0.264 e. The number of amides is 2. The van der Waals surface area contributed by atoms with Gasteiger partial charge in [-0.2, -0.15) is 0 Å². The number of rotatable bonds is 1. The molecule has 1 atom stereocenters. The number of benzene rings is 1. The van der Waals surface area contributed by atoms with Crippen molar-refractivity contribution in [3.8, 4) is 0 Å². The highest BCUT2D eigenvalue weighted by molar-refractivity contribution is 6.43. The van der Waals surface area contributed by atoms with Crippen molar-refractivity contribution in [2.45, 2.75) is 24.6 Å². The molecule has 10 heteroatoms. The number of hydrogen-bond donors (Lipinski definition) is 2. The van der Waals surface area contributed by atoms with Crippen molar-refractivity contribution in [3.05, 3.63) is 28.3 Å². The van der Waals surface area contributed by atoms with E-state index in [-0.39, 0.29) is 28.8 Å². The third kappa shape index (κ3) is 2.33. The fraction of sp³-hybridized carbons (Fsp3) is 0.286. The lowest BCUT2D eigenvalue weighted by atomic mass is 9.47. The van der Waals surface area contributed by atoms with E-state index in [9.17, 15) is 14.4 Å². The Morgan fingerprint density at radius 3 is 2.62 bits per heavy atom. The molecule has 1 saturated heterocycles. The summed E-state index contributed by atoms with van der Waals surface area (Å²) in [4.78, 5) is 41.0. The Hall–Kier alpha value is -2.51. The van der Waals surface area contributed by atoms with Crippen LogP contribution in [0.5, 0.6) is 0 Å². The third-order valence-electron chi connectivity index (χ3n) is 4.07. The van der Waals surface area contributed by atoms with E-state index in [1.807, 2.05) is 0 Å². The number of carbonyl (C=O) groups excluding carboxylic acids is 2. The van der Waals surface area contributed by atoms with Crippen molar-refractivity contribution in [2.24, 2.45) is 0 Å². The summed E-state index contributed by atoms with van der Waals surface area (Å²) in [7, 11) is 17.6. The number of nitrogens with one attached hydrogen (secondary N) is 1. The average molecular weight is 316 g/mol. The number of piperidine rings is 1. The Labute approximate surface area is 141 Å². The Morgan fingerprint density at radius 2 is 2.00 bits per heavy atom. The second-order valence-electron chi connectivity index (χ2n) is 5.90. The molecule has 1 aromatic heterocycles. The second-order valence-corrected chi connectivity index (χ2v) is 5.90. The zero-order valence-electron chi connectivity index (χ0n) is 12.9. The normalized spacial score (nSPS) is 20.1. The highest BCUT2D eigenvalue weighted by Gasteiger charge is 2.43. The second kappa shape index (κ2) is 5.26. The van der Waals surface area contributed by atoms with Crippen LogP contribution in [0.2, 0.25) is 5.21 Å². The number of fused-ring (bicyclic) bond motifs is 1. The van der Waals surface area contributed by atoms with Gasteiger partial charge in [-0.3, -0.25) is 24.3 Å². The predicted molar refractivity (Wildman–Crippen MR) is 91.5 cm³/mol. The number of nitrogen functional groups attached to an aromatic ring is 1. The molecule has 7 nitrogen and oxygen atoms in total. The molecule has 114 valence electrons. The van der Waals surface area contributed by atoms with Gasteiger partial charge in [0.2, 0.25) is 11.8 Å². The smallest absolute Gasteiger partial charge is 0.264 e. The van der Waals surface area contributed by atoms with Crippen LogP contribution in [0.15, 0.2) is 16.9 Å². The fourth-order valence-corrected chi connectivity index (χ4v) is 2.97. The minimum absolute atomic E-state index is 0.0608. The number of imide groups is 1. The highest BCUT2D eigenvalue weighted by Crippen LogP contribution is 2.38. The Morgan fingerprint density at radius 1 is 1.33 bits per heavy atom. The van der Waals surface area contributed by atoms with Crippen molar-refractivity contribution in [2.75, 3.05) is 5.73 Å². The van der Waals surface area contributed by atoms with E-state index < -0.39 is 28.6 Å². The van der Waals surface area contributed by atoms with Gasteiger partial charge in [0.25, 0.3) is 5.56 Å². The molecule has 1 unspecified atom stereocenters. The molecule has 3 rings (SSSR count). The standard InChI is InChI=1S/C14H11B3N4O3/c1-5-19-7-3-2-6(15)10(18)9(7)13(24)21(5)11-12(23)20-8(22)4-14(11,16)17/h2-3,11H,4,18H2,1H3,(H,20,22,23). The first kappa shape index (κ1) is 16.4. The van der Waals surface area contributed by atoms with Gasteiger partial charge in [0, 0.05) is 12.1 Å². The minimum atomic E-state index is -1.74. The van der Waals surface area contributed by atoms with Gasteiger partial charge in [-0.1, -0.05) is 16.7 Å². The lowest BCUT2D eigenvalue weighted by Crippen LogP contribution is -2.52. The summed E-state index contributed by atoms with van der Waals surface area (Å²) >= 11 is 0. The van der Waals surface area contributed by atoms with Gasteiger partial charge in [0.05, 0.1) is 26.6 Å². The van der Waals surface area contributed by atoms with Gasteiger partial charge in [-0.15, -0.1) is 0 Å². The first-order valence-electron chi connectivity index (χ1n) is 7.11. The van der Waals surface area contributed by atoms with Gasteiger partial charge in [-0.05, 0) is 13.0 Å². The van der Waals surface area contributed by atoms with Crippen molar-refractivity contribution in [1.29, 1.82) is 0 Å². The van der Waals surface area contributed by atoms with Crippen LogP contribution >= 0.6 is 0 Å². The Balaban J connectivity index is 2.34. The molecule has 6 radical (unpaired) electrons. The van der Waals surface area contributed by atoms with Crippen molar-refractivity contribution in [3.63, 3.8) is 0 Å². The average Bonchev–Trinajstić information content (AvgIpc) is 2.44. The van der Waals surface area contributed by atoms with Crippen LogP contribution in [-0.4, -0.2) is 44.9 Å². The molecule has 2 heterocycles. The van der Waals surface area contributed by atoms with Gasteiger partial charge in [0.15, 0.2) is 0 Å². The lowest BCUT2D eigenvalue weighted by molar-refractivity contribution is -0.136. The van der Waals surface area contributed by atoms with E-state index in [0.717, 1.165) is 4.57 Å². The molecule has 1 aromatic carbocycles. The zero-order chi connectivity index (χ0) is 17.8. The predicted octanol–water partition coefficient (Wildman–Crippen LogP) is -1.88. The van der Waals surface area contributed by atoms with Gasteiger partial charge < -0.3 is 5.73 Å². The van der Waals surface area contributed by atoms with Crippen molar-refractivity contribution >= 4 is 57.4 Å².